The molecule has 1 atom stereocenters. The summed E-state index contributed by atoms with van der Waals surface area (Å²) in [6.07, 6.45) is 3.08. The summed E-state index contributed by atoms with van der Waals surface area (Å²) < 4.78 is 1.69. The normalized spacial score (nSPS) is 16.7. The Morgan fingerprint density at radius 3 is 2.71 bits per heavy atom. The molecule has 7 heteroatoms. The van der Waals surface area contributed by atoms with E-state index in [0.29, 0.717) is 17.4 Å². The van der Waals surface area contributed by atoms with Gasteiger partial charge in [0.2, 0.25) is 5.95 Å². The van der Waals surface area contributed by atoms with Gasteiger partial charge in [0.15, 0.2) is 0 Å². The van der Waals surface area contributed by atoms with Crippen molar-refractivity contribution in [2.45, 2.75) is 26.2 Å². The van der Waals surface area contributed by atoms with Gasteiger partial charge in [0.05, 0.1) is 0 Å². The Bertz CT molecular complexity index is 677. The molecule has 0 aliphatic carbocycles. The van der Waals surface area contributed by atoms with Crippen molar-refractivity contribution in [1.82, 2.24) is 20.1 Å². The highest BCUT2D eigenvalue weighted by molar-refractivity contribution is 6.03. The number of nitrogens with one attached hydrogen (secondary N) is 2. The van der Waals surface area contributed by atoms with Crippen molar-refractivity contribution in [3.05, 3.63) is 41.2 Å². The molecule has 24 heavy (non-hydrogen) atoms. The first-order valence-electron chi connectivity index (χ1n) is 8.16. The number of aromatic nitrogens is 3. The maximum atomic E-state index is 12.3. The molecule has 0 radical (unpaired) electrons. The summed E-state index contributed by atoms with van der Waals surface area (Å²) in [7, 11) is 1.83. The molecule has 0 bridgehead atoms. The van der Waals surface area contributed by atoms with E-state index in [4.69, 9.17) is 0 Å². The lowest BCUT2D eigenvalue weighted by Crippen LogP contribution is -2.14. The fourth-order valence-corrected chi connectivity index (χ4v) is 2.97. The van der Waals surface area contributed by atoms with Gasteiger partial charge < -0.3 is 5.32 Å². The number of hydrogen-bond acceptors (Lipinski definition) is 4. The van der Waals surface area contributed by atoms with Crippen LogP contribution < -0.4 is 10.6 Å². The quantitative estimate of drug-likeness (QED) is 0.868. The number of rotatable bonds is 5. The molecule has 1 fully saturated rings. The van der Waals surface area contributed by atoms with Gasteiger partial charge in [-0.25, -0.2) is 0 Å². The van der Waals surface area contributed by atoms with Gasteiger partial charge in [0.25, 0.3) is 5.91 Å². The second-order valence-electron chi connectivity index (χ2n) is 6.04. The topological polar surface area (TPSA) is 71.8 Å². The second-order valence-corrected chi connectivity index (χ2v) is 6.04. The van der Waals surface area contributed by atoms with Crippen LogP contribution in [0.1, 0.15) is 35.1 Å². The molecule has 1 aromatic carbocycles. The summed E-state index contributed by atoms with van der Waals surface area (Å²) in [5.41, 5.74) is 1.91. The lowest BCUT2D eigenvalue weighted by Gasteiger charge is -2.08. The monoisotopic (exact) mass is 349 g/mol. The van der Waals surface area contributed by atoms with Crippen molar-refractivity contribution in [1.29, 1.82) is 0 Å². The van der Waals surface area contributed by atoms with E-state index in [1.807, 2.05) is 38.2 Å². The van der Waals surface area contributed by atoms with E-state index in [9.17, 15) is 4.79 Å². The van der Waals surface area contributed by atoms with E-state index in [2.05, 4.69) is 20.7 Å². The van der Waals surface area contributed by atoms with Gasteiger partial charge in [0, 0.05) is 19.0 Å². The van der Waals surface area contributed by atoms with E-state index < -0.39 is 0 Å². The van der Waals surface area contributed by atoms with Crippen LogP contribution in [0.5, 0.6) is 0 Å². The highest BCUT2D eigenvalue weighted by Crippen LogP contribution is 2.16. The fourth-order valence-electron chi connectivity index (χ4n) is 2.97. The summed E-state index contributed by atoms with van der Waals surface area (Å²) in [6, 6.07) is 7.82. The molecule has 0 spiro atoms. The van der Waals surface area contributed by atoms with Gasteiger partial charge in [-0.3, -0.25) is 14.8 Å². The van der Waals surface area contributed by atoms with Gasteiger partial charge in [-0.15, -0.1) is 17.5 Å². The number of benzene rings is 1. The Labute approximate surface area is 148 Å². The molecule has 0 saturated carbocycles. The van der Waals surface area contributed by atoms with Crippen molar-refractivity contribution in [3.63, 3.8) is 0 Å². The summed E-state index contributed by atoms with van der Waals surface area (Å²) in [6.45, 7) is 4.21. The van der Waals surface area contributed by atoms with Crippen molar-refractivity contribution in [2.75, 3.05) is 18.4 Å². The minimum atomic E-state index is -0.174. The van der Waals surface area contributed by atoms with Crippen molar-refractivity contribution in [2.24, 2.45) is 13.0 Å². The number of amides is 1. The molecule has 2 aromatic rings. The van der Waals surface area contributed by atoms with Gasteiger partial charge in [-0.2, -0.15) is 4.98 Å². The molecular weight excluding hydrogens is 326 g/mol. The van der Waals surface area contributed by atoms with Crippen molar-refractivity contribution < 1.29 is 4.79 Å². The molecule has 6 nitrogen and oxygen atoms in total. The predicted octanol–water partition coefficient (Wildman–Crippen LogP) is 2.20. The van der Waals surface area contributed by atoms with Crippen molar-refractivity contribution >= 4 is 24.3 Å². The van der Waals surface area contributed by atoms with Gasteiger partial charge in [-0.1, -0.05) is 19.1 Å². The Morgan fingerprint density at radius 2 is 2.12 bits per heavy atom. The minimum absolute atomic E-state index is 0. The summed E-state index contributed by atoms with van der Waals surface area (Å²) >= 11 is 0. The Morgan fingerprint density at radius 1 is 1.38 bits per heavy atom. The molecule has 1 aliphatic heterocycles. The number of nitrogens with zero attached hydrogens (tertiary/aromatic N) is 3. The second kappa shape index (κ2) is 8.26. The average molecular weight is 350 g/mol. The van der Waals surface area contributed by atoms with Crippen LogP contribution in [0.4, 0.5) is 5.95 Å². The Kier molecular flexibility index (Phi) is 6.34. The van der Waals surface area contributed by atoms with Crippen LogP contribution >= 0.6 is 12.4 Å². The third-order valence-corrected chi connectivity index (χ3v) is 4.30. The Balaban J connectivity index is 0.00000208. The van der Waals surface area contributed by atoms with Gasteiger partial charge >= 0.3 is 0 Å². The zero-order chi connectivity index (χ0) is 16.2. The van der Waals surface area contributed by atoms with Crippen LogP contribution in [0.3, 0.4) is 0 Å². The zero-order valence-corrected chi connectivity index (χ0v) is 14.9. The third kappa shape index (κ3) is 4.33. The molecule has 3 rings (SSSR count). The SMILES string of the molecule is CCc1nc(NC(=O)c2ccc(CC3CCNC3)cc2)nn1C.Cl. The van der Waals surface area contributed by atoms with Gasteiger partial charge in [0.1, 0.15) is 5.82 Å². The molecule has 2 heterocycles. The number of carbonyl (C=O) groups excluding carboxylic acids is 1. The van der Waals surface area contributed by atoms with Crippen LogP contribution in [-0.4, -0.2) is 33.8 Å². The number of halogens is 1. The zero-order valence-electron chi connectivity index (χ0n) is 14.1. The van der Waals surface area contributed by atoms with Crippen LogP contribution in [-0.2, 0) is 19.9 Å². The molecule has 130 valence electrons. The summed E-state index contributed by atoms with van der Waals surface area (Å²) in [5, 5.41) is 10.3. The molecule has 1 amide bonds. The number of anilines is 1. The Hall–Kier alpha value is -1.92. The maximum Gasteiger partial charge on any atom is 0.258 e. The number of carbonyl (C=O) groups is 1. The lowest BCUT2D eigenvalue weighted by molar-refractivity contribution is 0.102. The van der Waals surface area contributed by atoms with Crippen molar-refractivity contribution in [3.8, 4) is 0 Å². The number of aryl methyl sites for hydroxylation is 2. The minimum Gasteiger partial charge on any atom is -0.316 e. The number of hydrogen-bond donors (Lipinski definition) is 2. The molecule has 1 aliphatic rings. The van der Waals surface area contributed by atoms with E-state index >= 15 is 0 Å². The van der Waals surface area contributed by atoms with E-state index in [-0.39, 0.29) is 18.3 Å². The van der Waals surface area contributed by atoms with Crippen LogP contribution in [0.25, 0.3) is 0 Å². The van der Waals surface area contributed by atoms with Crippen LogP contribution in [0.15, 0.2) is 24.3 Å². The largest absolute Gasteiger partial charge is 0.316 e. The smallest absolute Gasteiger partial charge is 0.258 e. The van der Waals surface area contributed by atoms with E-state index in [0.717, 1.165) is 31.8 Å². The first kappa shape index (κ1) is 18.4. The first-order chi connectivity index (χ1) is 11.2. The van der Waals surface area contributed by atoms with E-state index in [1.54, 1.807) is 4.68 Å². The standard InChI is InChI=1S/C17H23N5O.ClH/c1-3-15-19-17(21-22(15)2)20-16(23)14-6-4-12(5-7-14)10-13-8-9-18-11-13;/h4-7,13,18H,3,8-11H2,1-2H3,(H,20,21,23);1H. The highest BCUT2D eigenvalue weighted by Gasteiger charge is 2.15. The predicted molar refractivity (Wildman–Crippen MR) is 96.7 cm³/mol. The average Bonchev–Trinajstić information content (AvgIpc) is 3.17. The van der Waals surface area contributed by atoms with Crippen LogP contribution in [0.2, 0.25) is 0 Å². The van der Waals surface area contributed by atoms with E-state index in [1.165, 1.54) is 12.0 Å². The molecule has 1 aromatic heterocycles. The van der Waals surface area contributed by atoms with Crippen LogP contribution in [0, 0.1) is 5.92 Å². The molecular formula is C17H24ClN5O. The first-order valence-corrected chi connectivity index (χ1v) is 8.16. The molecule has 1 saturated heterocycles. The third-order valence-electron chi connectivity index (χ3n) is 4.30. The lowest BCUT2D eigenvalue weighted by atomic mass is 9.98. The summed E-state index contributed by atoms with van der Waals surface area (Å²) in [4.78, 5) is 16.6. The summed E-state index contributed by atoms with van der Waals surface area (Å²) in [5.74, 6) is 1.74. The highest BCUT2D eigenvalue weighted by atomic mass is 35.5. The molecule has 2 N–H and O–H groups in total. The fraction of sp³-hybridized carbons (Fsp3) is 0.471. The van der Waals surface area contributed by atoms with Gasteiger partial charge in [-0.05, 0) is 49.5 Å². The maximum absolute atomic E-state index is 12.3. The molecule has 1 unspecified atom stereocenters.